The van der Waals surface area contributed by atoms with Gasteiger partial charge in [0.1, 0.15) is 5.75 Å². The highest BCUT2D eigenvalue weighted by Gasteiger charge is 2.35. The Morgan fingerprint density at radius 1 is 0.971 bits per heavy atom. The lowest BCUT2D eigenvalue weighted by Gasteiger charge is -2.40. The standard InChI is InChI=1S/C27H25N5O3/c1-17-15-30(27(34)35-24-7-3-19-9-10-28-13-21(19)11-24)26-12-20(4-8-25(26)32(17)18(2)33)22-14-29-31(16-22)23-5-6-23/h3-4,7-14,16-17,23H,5-6,15H2,1-2H3/t17-/m0/s1. The van der Waals surface area contributed by atoms with Crippen LogP contribution >= 0.6 is 0 Å². The molecule has 3 heterocycles. The summed E-state index contributed by atoms with van der Waals surface area (Å²) in [5.74, 6) is 0.378. The van der Waals surface area contributed by atoms with E-state index in [0.717, 1.165) is 34.7 Å². The first-order valence-electron chi connectivity index (χ1n) is 11.8. The lowest BCUT2D eigenvalue weighted by molar-refractivity contribution is -0.117. The number of nitrogens with zero attached hydrogens (tertiary/aromatic N) is 5. The lowest BCUT2D eigenvalue weighted by Crippen LogP contribution is -2.52. The minimum Gasteiger partial charge on any atom is -0.410 e. The first-order chi connectivity index (χ1) is 17.0. The molecule has 0 saturated heterocycles. The van der Waals surface area contributed by atoms with E-state index in [4.69, 9.17) is 4.74 Å². The summed E-state index contributed by atoms with van der Waals surface area (Å²) in [6.07, 6.45) is 9.17. The van der Waals surface area contributed by atoms with Gasteiger partial charge in [0.25, 0.3) is 0 Å². The molecule has 0 bridgehead atoms. The molecule has 2 aromatic carbocycles. The normalized spacial score (nSPS) is 17.4. The van der Waals surface area contributed by atoms with Gasteiger partial charge in [-0.05, 0) is 61.0 Å². The van der Waals surface area contributed by atoms with Crippen molar-refractivity contribution in [2.75, 3.05) is 16.3 Å². The van der Waals surface area contributed by atoms with E-state index in [1.165, 1.54) is 0 Å². The number of fused-ring (bicyclic) bond motifs is 2. The maximum absolute atomic E-state index is 13.4. The Kier molecular flexibility index (Phi) is 5.02. The van der Waals surface area contributed by atoms with Crippen molar-refractivity contribution in [3.8, 4) is 16.9 Å². The number of carbonyl (C=O) groups excluding carboxylic acids is 2. The van der Waals surface area contributed by atoms with E-state index in [1.54, 1.807) is 41.2 Å². The highest BCUT2D eigenvalue weighted by Crippen LogP contribution is 2.40. The van der Waals surface area contributed by atoms with Crippen LogP contribution in [0.15, 0.2) is 67.3 Å². The SMILES string of the molecule is CC(=O)N1c2ccc(-c3cnn(C4CC4)c3)cc2N(C(=O)Oc2ccc3ccncc3c2)C[C@@H]1C. The first kappa shape index (κ1) is 21.3. The van der Waals surface area contributed by atoms with Crippen LogP contribution in [-0.2, 0) is 4.79 Å². The molecule has 1 aliphatic heterocycles. The van der Waals surface area contributed by atoms with Gasteiger partial charge in [0.2, 0.25) is 5.91 Å². The summed E-state index contributed by atoms with van der Waals surface area (Å²) in [6, 6.07) is 13.5. The minimum atomic E-state index is -0.490. The minimum absolute atomic E-state index is 0.0666. The molecular weight excluding hydrogens is 442 g/mol. The molecule has 2 aliphatic rings. The highest BCUT2D eigenvalue weighted by molar-refractivity contribution is 6.03. The smallest absolute Gasteiger partial charge is 0.410 e. The van der Waals surface area contributed by atoms with Gasteiger partial charge in [-0.3, -0.25) is 19.4 Å². The summed E-state index contributed by atoms with van der Waals surface area (Å²) in [7, 11) is 0. The molecule has 8 heteroatoms. The Bertz CT molecular complexity index is 1460. The third kappa shape index (κ3) is 3.90. The van der Waals surface area contributed by atoms with Crippen LogP contribution in [0.3, 0.4) is 0 Å². The van der Waals surface area contributed by atoms with Gasteiger partial charge in [0.05, 0.1) is 29.7 Å². The molecule has 2 amide bonds. The number of benzene rings is 2. The molecule has 6 rings (SSSR count). The van der Waals surface area contributed by atoms with E-state index >= 15 is 0 Å². The second-order valence-electron chi connectivity index (χ2n) is 9.24. The van der Waals surface area contributed by atoms with E-state index < -0.39 is 6.09 Å². The van der Waals surface area contributed by atoms with Crippen LogP contribution < -0.4 is 14.5 Å². The number of ether oxygens (including phenoxy) is 1. The predicted octanol–water partition coefficient (Wildman–Crippen LogP) is 5.19. The number of carbonyl (C=O) groups is 2. The summed E-state index contributed by atoms with van der Waals surface area (Å²) < 4.78 is 7.79. The zero-order chi connectivity index (χ0) is 24.1. The van der Waals surface area contributed by atoms with Crippen LogP contribution in [0, 0.1) is 0 Å². The van der Waals surface area contributed by atoms with E-state index in [2.05, 4.69) is 10.1 Å². The number of hydrogen-bond acceptors (Lipinski definition) is 5. The van der Waals surface area contributed by atoms with Gasteiger partial charge < -0.3 is 9.64 Å². The van der Waals surface area contributed by atoms with Crippen molar-refractivity contribution in [3.63, 3.8) is 0 Å². The van der Waals surface area contributed by atoms with Gasteiger partial charge in [-0.2, -0.15) is 5.10 Å². The molecule has 0 unspecified atom stereocenters. The van der Waals surface area contributed by atoms with Gasteiger partial charge >= 0.3 is 6.09 Å². The Balaban J connectivity index is 1.36. The second kappa shape index (κ2) is 8.23. The molecule has 0 spiro atoms. The van der Waals surface area contributed by atoms with Gasteiger partial charge in [-0.25, -0.2) is 4.79 Å². The summed E-state index contributed by atoms with van der Waals surface area (Å²) in [6.45, 7) is 3.80. The summed E-state index contributed by atoms with van der Waals surface area (Å²) in [4.78, 5) is 33.4. The van der Waals surface area contributed by atoms with Crippen molar-refractivity contribution in [1.82, 2.24) is 14.8 Å². The van der Waals surface area contributed by atoms with E-state index in [0.29, 0.717) is 29.7 Å². The van der Waals surface area contributed by atoms with Crippen LogP contribution in [0.5, 0.6) is 5.75 Å². The maximum atomic E-state index is 13.4. The number of anilines is 2. The Morgan fingerprint density at radius 2 is 1.83 bits per heavy atom. The fraction of sp³-hybridized carbons (Fsp3) is 0.259. The molecule has 2 aromatic heterocycles. The van der Waals surface area contributed by atoms with Crippen LogP contribution in [0.4, 0.5) is 16.2 Å². The average molecular weight is 468 g/mol. The molecule has 35 heavy (non-hydrogen) atoms. The predicted molar refractivity (Wildman–Crippen MR) is 134 cm³/mol. The van der Waals surface area contributed by atoms with Crippen molar-refractivity contribution in [2.45, 2.75) is 38.8 Å². The lowest BCUT2D eigenvalue weighted by atomic mass is 10.0. The van der Waals surface area contributed by atoms with Crippen molar-refractivity contribution in [3.05, 3.63) is 67.3 Å². The third-order valence-electron chi connectivity index (χ3n) is 6.65. The molecule has 1 saturated carbocycles. The number of hydrogen-bond donors (Lipinski definition) is 0. The fourth-order valence-electron chi connectivity index (χ4n) is 4.77. The molecule has 0 radical (unpaired) electrons. The van der Waals surface area contributed by atoms with Crippen molar-refractivity contribution < 1.29 is 14.3 Å². The number of rotatable bonds is 3. The zero-order valence-electron chi connectivity index (χ0n) is 19.6. The first-order valence-corrected chi connectivity index (χ1v) is 11.8. The number of amides is 2. The second-order valence-corrected chi connectivity index (χ2v) is 9.24. The topological polar surface area (TPSA) is 80.6 Å². The molecule has 8 nitrogen and oxygen atoms in total. The summed E-state index contributed by atoms with van der Waals surface area (Å²) in [5, 5.41) is 6.41. The van der Waals surface area contributed by atoms with Crippen LogP contribution in [0.1, 0.15) is 32.7 Å². The number of pyridine rings is 1. The Hall–Kier alpha value is -4.20. The van der Waals surface area contributed by atoms with Crippen LogP contribution in [0.25, 0.3) is 21.9 Å². The van der Waals surface area contributed by atoms with E-state index in [1.807, 2.05) is 54.3 Å². The van der Waals surface area contributed by atoms with Crippen molar-refractivity contribution in [1.29, 1.82) is 0 Å². The van der Waals surface area contributed by atoms with Gasteiger partial charge in [0.15, 0.2) is 0 Å². The maximum Gasteiger partial charge on any atom is 0.419 e. The highest BCUT2D eigenvalue weighted by atomic mass is 16.6. The molecule has 1 fully saturated rings. The third-order valence-corrected chi connectivity index (χ3v) is 6.65. The van der Waals surface area contributed by atoms with Crippen molar-refractivity contribution >= 4 is 34.1 Å². The Morgan fingerprint density at radius 3 is 2.63 bits per heavy atom. The fourth-order valence-corrected chi connectivity index (χ4v) is 4.77. The molecule has 176 valence electrons. The largest absolute Gasteiger partial charge is 0.419 e. The summed E-state index contributed by atoms with van der Waals surface area (Å²) in [5.41, 5.74) is 3.24. The zero-order valence-corrected chi connectivity index (χ0v) is 19.6. The number of aromatic nitrogens is 3. The van der Waals surface area contributed by atoms with E-state index in [-0.39, 0.29) is 11.9 Å². The average Bonchev–Trinajstić information content (AvgIpc) is 3.59. The molecule has 4 aromatic rings. The Labute approximate surface area is 202 Å². The van der Waals surface area contributed by atoms with Crippen LogP contribution in [0.2, 0.25) is 0 Å². The van der Waals surface area contributed by atoms with Crippen molar-refractivity contribution in [2.24, 2.45) is 0 Å². The van der Waals surface area contributed by atoms with E-state index in [9.17, 15) is 9.59 Å². The molecular formula is C27H25N5O3. The van der Waals surface area contributed by atoms with Gasteiger partial charge in [-0.15, -0.1) is 0 Å². The van der Waals surface area contributed by atoms with Gasteiger partial charge in [-0.1, -0.05) is 12.1 Å². The summed E-state index contributed by atoms with van der Waals surface area (Å²) >= 11 is 0. The monoisotopic (exact) mass is 467 g/mol. The quantitative estimate of drug-likeness (QED) is 0.414. The van der Waals surface area contributed by atoms with Gasteiger partial charge in [0, 0.05) is 43.0 Å². The molecule has 1 atom stereocenters. The molecule has 0 N–H and O–H groups in total. The molecule has 1 aliphatic carbocycles. The van der Waals surface area contributed by atoms with Crippen LogP contribution in [-0.4, -0.2) is 39.4 Å².